The van der Waals surface area contributed by atoms with Crippen LogP contribution in [0.4, 0.5) is 0 Å². The van der Waals surface area contributed by atoms with E-state index < -0.39 is 0 Å². The first-order valence-electron chi connectivity index (χ1n) is 11.1. The van der Waals surface area contributed by atoms with E-state index in [9.17, 15) is 9.59 Å². The van der Waals surface area contributed by atoms with Gasteiger partial charge in [-0.2, -0.15) is 0 Å². The maximum Gasteiger partial charge on any atom is 0.222 e. The van der Waals surface area contributed by atoms with E-state index in [1.165, 1.54) is 0 Å². The quantitative estimate of drug-likeness (QED) is 0.288. The molecule has 1 fully saturated rings. The van der Waals surface area contributed by atoms with Crippen LogP contribution in [0.15, 0.2) is 36.5 Å². The van der Waals surface area contributed by atoms with Gasteiger partial charge in [-0.1, -0.05) is 56.2 Å². The van der Waals surface area contributed by atoms with Crippen LogP contribution in [-0.2, 0) is 9.59 Å². The summed E-state index contributed by atoms with van der Waals surface area (Å²) < 4.78 is 0. The summed E-state index contributed by atoms with van der Waals surface area (Å²) in [6, 6.07) is 0.473. The fourth-order valence-electron chi connectivity index (χ4n) is 2.80. The maximum atomic E-state index is 11.9. The van der Waals surface area contributed by atoms with Crippen LogP contribution >= 0.6 is 0 Å². The number of rotatable bonds is 16. The molecule has 0 spiro atoms. The van der Waals surface area contributed by atoms with Crippen molar-refractivity contribution in [3.63, 3.8) is 0 Å². The van der Waals surface area contributed by atoms with Crippen molar-refractivity contribution < 1.29 is 9.59 Å². The molecule has 0 bridgehead atoms. The predicted molar refractivity (Wildman–Crippen MR) is 118 cm³/mol. The van der Waals surface area contributed by atoms with E-state index in [4.69, 9.17) is 0 Å². The molecule has 1 saturated carbocycles. The second kappa shape index (κ2) is 16.1. The normalized spacial score (nSPS) is 14.4. The van der Waals surface area contributed by atoms with Gasteiger partial charge in [0.05, 0.1) is 0 Å². The molecule has 0 atom stereocenters. The lowest BCUT2D eigenvalue weighted by atomic mass is 10.2. The number of hydrogen-bond donors (Lipinski definition) is 1. The van der Waals surface area contributed by atoms with Crippen molar-refractivity contribution >= 4 is 11.8 Å². The number of allylic oxidation sites excluding steroid dienone is 5. The highest BCUT2D eigenvalue weighted by atomic mass is 16.2. The average Bonchev–Trinajstić information content (AvgIpc) is 3.49. The molecule has 1 N–H and O–H groups in total. The van der Waals surface area contributed by atoms with E-state index in [0.29, 0.717) is 18.9 Å². The highest BCUT2D eigenvalue weighted by molar-refractivity contribution is 5.76. The Bertz CT molecular complexity index is 519. The van der Waals surface area contributed by atoms with Gasteiger partial charge in [0, 0.05) is 32.5 Å². The third-order valence-electron chi connectivity index (χ3n) is 4.81. The second-order valence-corrected chi connectivity index (χ2v) is 7.68. The Morgan fingerprint density at radius 1 is 0.893 bits per heavy atom. The van der Waals surface area contributed by atoms with E-state index in [1.54, 1.807) is 0 Å². The fraction of sp³-hybridized carbons (Fsp3) is 0.667. The van der Waals surface area contributed by atoms with Crippen LogP contribution in [0.1, 0.15) is 84.0 Å². The first-order valence-corrected chi connectivity index (χ1v) is 11.1. The molecule has 0 radical (unpaired) electrons. The molecule has 0 aromatic rings. The summed E-state index contributed by atoms with van der Waals surface area (Å²) in [5.41, 5.74) is 0. The molecule has 0 aliphatic heterocycles. The molecule has 4 heteroatoms. The van der Waals surface area contributed by atoms with Crippen LogP contribution in [-0.4, -0.2) is 36.3 Å². The summed E-state index contributed by atoms with van der Waals surface area (Å²) in [5.74, 6) is 0.465. The van der Waals surface area contributed by atoms with Crippen LogP contribution < -0.4 is 5.32 Å². The van der Waals surface area contributed by atoms with Crippen molar-refractivity contribution in [2.45, 2.75) is 90.0 Å². The highest BCUT2D eigenvalue weighted by Crippen LogP contribution is 2.18. The monoisotopic (exact) mass is 388 g/mol. The number of carbonyl (C=O) groups excluding carboxylic acids is 2. The van der Waals surface area contributed by atoms with E-state index in [0.717, 1.165) is 70.8 Å². The Morgan fingerprint density at radius 3 is 2.18 bits per heavy atom. The minimum atomic E-state index is 0.203. The van der Waals surface area contributed by atoms with Crippen molar-refractivity contribution in [2.24, 2.45) is 0 Å². The van der Waals surface area contributed by atoms with Gasteiger partial charge in [0.15, 0.2) is 0 Å². The third-order valence-corrected chi connectivity index (χ3v) is 4.81. The van der Waals surface area contributed by atoms with E-state index in [2.05, 4.69) is 48.7 Å². The lowest BCUT2D eigenvalue weighted by Gasteiger charge is -2.15. The van der Waals surface area contributed by atoms with Crippen LogP contribution in [0.3, 0.4) is 0 Å². The molecule has 4 nitrogen and oxygen atoms in total. The average molecular weight is 389 g/mol. The number of unbranched alkanes of at least 4 members (excludes halogenated alkanes) is 3. The molecule has 1 aliphatic rings. The molecular formula is C24H40N2O2. The number of nitrogens with zero attached hydrogens (tertiary/aromatic N) is 1. The summed E-state index contributed by atoms with van der Waals surface area (Å²) in [6.07, 6.45) is 24.6. The van der Waals surface area contributed by atoms with Gasteiger partial charge < -0.3 is 10.2 Å². The van der Waals surface area contributed by atoms with Gasteiger partial charge in [-0.15, -0.1) is 0 Å². The topological polar surface area (TPSA) is 49.4 Å². The zero-order valence-electron chi connectivity index (χ0n) is 18.0. The van der Waals surface area contributed by atoms with Gasteiger partial charge in [0.2, 0.25) is 11.8 Å². The second-order valence-electron chi connectivity index (χ2n) is 7.68. The largest absolute Gasteiger partial charge is 0.353 e. The molecule has 0 unspecified atom stereocenters. The van der Waals surface area contributed by atoms with Crippen molar-refractivity contribution in [3.05, 3.63) is 36.5 Å². The Labute approximate surface area is 172 Å². The molecule has 0 aromatic carbocycles. The summed E-state index contributed by atoms with van der Waals surface area (Å²) in [5, 5.41) is 3.02. The minimum Gasteiger partial charge on any atom is -0.353 e. The zero-order valence-corrected chi connectivity index (χ0v) is 18.0. The minimum absolute atomic E-state index is 0.203. The van der Waals surface area contributed by atoms with Crippen molar-refractivity contribution in [1.82, 2.24) is 10.2 Å². The van der Waals surface area contributed by atoms with Gasteiger partial charge in [0.25, 0.3) is 0 Å². The van der Waals surface area contributed by atoms with Gasteiger partial charge >= 0.3 is 0 Å². The van der Waals surface area contributed by atoms with Gasteiger partial charge in [-0.25, -0.2) is 0 Å². The summed E-state index contributed by atoms with van der Waals surface area (Å²) in [6.45, 7) is 2.95. The Morgan fingerprint density at radius 2 is 1.54 bits per heavy atom. The molecule has 1 rings (SSSR count). The SMILES string of the molecule is CCCCCC(=O)N(C)CC/C=C\C/C=C\C/C=C\CCCC(=O)NC1CC1. The van der Waals surface area contributed by atoms with Gasteiger partial charge in [0.1, 0.15) is 0 Å². The summed E-state index contributed by atoms with van der Waals surface area (Å²) in [7, 11) is 1.90. The number of hydrogen-bond acceptors (Lipinski definition) is 2. The van der Waals surface area contributed by atoms with Crippen LogP contribution in [0.25, 0.3) is 0 Å². The van der Waals surface area contributed by atoms with Crippen molar-refractivity contribution in [1.29, 1.82) is 0 Å². The van der Waals surface area contributed by atoms with Crippen molar-refractivity contribution in [3.8, 4) is 0 Å². The molecule has 158 valence electrons. The summed E-state index contributed by atoms with van der Waals surface area (Å²) >= 11 is 0. The molecule has 0 heterocycles. The van der Waals surface area contributed by atoms with Crippen LogP contribution in [0.2, 0.25) is 0 Å². The molecule has 1 aliphatic carbocycles. The van der Waals surface area contributed by atoms with Gasteiger partial charge in [-0.3, -0.25) is 9.59 Å². The first-order chi connectivity index (χ1) is 13.6. The number of carbonyl (C=O) groups is 2. The standard InChI is InChI=1S/C24H40N2O2/c1-3-4-14-18-24(28)26(2)21-16-13-11-9-7-5-6-8-10-12-15-17-23(27)25-22-19-20-22/h5,7-8,10-11,13,22H,3-4,6,9,12,14-21H2,1-2H3,(H,25,27)/b7-5-,10-8-,13-11-. The molecular weight excluding hydrogens is 348 g/mol. The first kappa shape index (κ1) is 24.2. The Balaban J connectivity index is 1.93. The molecule has 2 amide bonds. The fourth-order valence-corrected chi connectivity index (χ4v) is 2.80. The summed E-state index contributed by atoms with van der Waals surface area (Å²) in [4.78, 5) is 25.3. The van der Waals surface area contributed by atoms with E-state index in [-0.39, 0.29) is 11.8 Å². The predicted octanol–water partition coefficient (Wildman–Crippen LogP) is 5.31. The highest BCUT2D eigenvalue weighted by Gasteiger charge is 2.22. The maximum absolute atomic E-state index is 11.9. The molecule has 0 saturated heterocycles. The Kier molecular flexibility index (Phi) is 14.0. The molecule has 0 aromatic heterocycles. The molecule has 28 heavy (non-hydrogen) atoms. The lowest BCUT2D eigenvalue weighted by molar-refractivity contribution is -0.130. The Hall–Kier alpha value is -1.84. The van der Waals surface area contributed by atoms with Crippen molar-refractivity contribution in [2.75, 3.05) is 13.6 Å². The lowest BCUT2D eigenvalue weighted by Crippen LogP contribution is -2.27. The third kappa shape index (κ3) is 14.2. The zero-order chi connectivity index (χ0) is 20.5. The smallest absolute Gasteiger partial charge is 0.222 e. The number of amides is 2. The van der Waals surface area contributed by atoms with Crippen LogP contribution in [0, 0.1) is 0 Å². The van der Waals surface area contributed by atoms with Gasteiger partial charge in [-0.05, 0) is 51.4 Å². The van der Waals surface area contributed by atoms with E-state index in [1.807, 2.05) is 11.9 Å². The number of nitrogens with one attached hydrogen (secondary N) is 1. The van der Waals surface area contributed by atoms with Crippen LogP contribution in [0.5, 0.6) is 0 Å². The van der Waals surface area contributed by atoms with E-state index >= 15 is 0 Å².